The summed E-state index contributed by atoms with van der Waals surface area (Å²) in [7, 11) is 2.36. The van der Waals surface area contributed by atoms with E-state index in [4.69, 9.17) is 11.6 Å². The Balaban J connectivity index is 3.24. The molecule has 1 rings (SSSR count). The van der Waals surface area contributed by atoms with Crippen molar-refractivity contribution in [2.24, 2.45) is 0 Å². The summed E-state index contributed by atoms with van der Waals surface area (Å²) in [5.41, 5.74) is 0.529. The maximum Gasteiger partial charge on any atom is 0.354 e. The number of anilines is 1. The van der Waals surface area contributed by atoms with Gasteiger partial charge in [0.2, 0.25) is 0 Å². The molecule has 0 aliphatic rings. The maximum absolute atomic E-state index is 12.1. The largest absolute Gasteiger partial charge is 0.466 e. The minimum atomic E-state index is -0.772. The van der Waals surface area contributed by atoms with Crippen molar-refractivity contribution >= 4 is 50.9 Å². The summed E-state index contributed by atoms with van der Waals surface area (Å²) in [5, 5.41) is 2.74. The second kappa shape index (κ2) is 9.32. The van der Waals surface area contributed by atoms with Gasteiger partial charge < -0.3 is 14.8 Å². The molecule has 1 aromatic rings. The normalized spacial score (nSPS) is 10.9. The number of ether oxygens (including phenoxy) is 2. The first-order valence-electron chi connectivity index (χ1n) is 6.46. The number of benzene rings is 1. The summed E-state index contributed by atoms with van der Waals surface area (Å²) in [6, 6.07) is 4.89. The molecule has 1 aromatic carbocycles. The number of nitrogens with one attached hydrogen (secondary N) is 1. The van der Waals surface area contributed by atoms with Gasteiger partial charge in [-0.15, -0.1) is 11.6 Å². The van der Waals surface area contributed by atoms with E-state index in [1.54, 1.807) is 18.2 Å². The Bertz CT molecular complexity index is 645. The van der Waals surface area contributed by atoms with E-state index in [2.05, 4.69) is 30.7 Å². The van der Waals surface area contributed by atoms with E-state index in [0.717, 1.165) is 6.08 Å². The standard InChI is InChI=1S/C15H15BrClNO5/c1-22-14(20)8-12(15(21)23-2)18-11-7-9(16)3-4-10(11)13(19)5-6-17/h3-4,7-8,18H,5-6H2,1-2H3/b12-8+. The quantitative estimate of drug-likeness (QED) is 0.326. The van der Waals surface area contributed by atoms with Crippen molar-refractivity contribution in [1.82, 2.24) is 0 Å². The van der Waals surface area contributed by atoms with Crippen molar-refractivity contribution in [3.63, 3.8) is 0 Å². The Morgan fingerprint density at radius 2 is 1.96 bits per heavy atom. The summed E-state index contributed by atoms with van der Waals surface area (Å²) < 4.78 is 9.79. The number of hydrogen-bond donors (Lipinski definition) is 1. The van der Waals surface area contributed by atoms with Crippen LogP contribution >= 0.6 is 27.5 Å². The van der Waals surface area contributed by atoms with Crippen LogP contribution in [0, 0.1) is 0 Å². The first kappa shape index (κ1) is 19.2. The van der Waals surface area contributed by atoms with Crippen LogP contribution < -0.4 is 5.32 Å². The molecule has 0 aliphatic carbocycles. The van der Waals surface area contributed by atoms with E-state index in [-0.39, 0.29) is 23.8 Å². The second-order valence-electron chi connectivity index (χ2n) is 4.25. The molecule has 0 fully saturated rings. The lowest BCUT2D eigenvalue weighted by Gasteiger charge is -2.13. The highest BCUT2D eigenvalue weighted by Crippen LogP contribution is 2.24. The van der Waals surface area contributed by atoms with Crippen LogP contribution in [0.1, 0.15) is 16.8 Å². The zero-order valence-electron chi connectivity index (χ0n) is 12.5. The highest BCUT2D eigenvalue weighted by molar-refractivity contribution is 9.10. The SMILES string of the molecule is COC(=O)/C=C(/Nc1cc(Br)ccc1C(=O)CCCl)C(=O)OC. The van der Waals surface area contributed by atoms with Gasteiger partial charge in [0.1, 0.15) is 5.70 Å². The molecule has 0 saturated carbocycles. The van der Waals surface area contributed by atoms with Crippen molar-refractivity contribution in [2.45, 2.75) is 6.42 Å². The lowest BCUT2D eigenvalue weighted by molar-refractivity contribution is -0.138. The molecular formula is C15H15BrClNO5. The van der Waals surface area contributed by atoms with Crippen molar-refractivity contribution in [3.05, 3.63) is 40.0 Å². The summed E-state index contributed by atoms with van der Waals surface area (Å²) in [5.74, 6) is -1.53. The minimum Gasteiger partial charge on any atom is -0.466 e. The molecule has 23 heavy (non-hydrogen) atoms. The van der Waals surface area contributed by atoms with Crippen LogP contribution in [0.25, 0.3) is 0 Å². The number of ketones is 1. The highest BCUT2D eigenvalue weighted by Gasteiger charge is 2.17. The number of rotatable bonds is 7. The van der Waals surface area contributed by atoms with Crippen molar-refractivity contribution in [3.8, 4) is 0 Å². The van der Waals surface area contributed by atoms with Crippen LogP contribution in [-0.2, 0) is 19.1 Å². The van der Waals surface area contributed by atoms with E-state index in [9.17, 15) is 14.4 Å². The molecule has 0 heterocycles. The van der Waals surface area contributed by atoms with Gasteiger partial charge in [0.15, 0.2) is 5.78 Å². The number of esters is 2. The van der Waals surface area contributed by atoms with Crippen molar-refractivity contribution < 1.29 is 23.9 Å². The fourth-order valence-electron chi connectivity index (χ4n) is 1.66. The summed E-state index contributed by atoms with van der Waals surface area (Å²) >= 11 is 8.89. The Morgan fingerprint density at radius 3 is 2.52 bits per heavy atom. The van der Waals surface area contributed by atoms with E-state index in [1.807, 2.05) is 0 Å². The summed E-state index contributed by atoms with van der Waals surface area (Å²) in [6.07, 6.45) is 1.09. The average Bonchev–Trinajstić information content (AvgIpc) is 2.53. The molecule has 0 saturated heterocycles. The van der Waals surface area contributed by atoms with E-state index in [1.165, 1.54) is 14.2 Å². The molecule has 8 heteroatoms. The predicted octanol–water partition coefficient (Wildman–Crippen LogP) is 2.90. The van der Waals surface area contributed by atoms with Gasteiger partial charge in [-0.3, -0.25) is 4.79 Å². The molecule has 0 aromatic heterocycles. The predicted molar refractivity (Wildman–Crippen MR) is 89.5 cm³/mol. The first-order valence-corrected chi connectivity index (χ1v) is 7.79. The Hall–Kier alpha value is -1.86. The van der Waals surface area contributed by atoms with E-state index < -0.39 is 11.9 Å². The van der Waals surface area contributed by atoms with Crippen LogP contribution in [-0.4, -0.2) is 37.8 Å². The molecule has 0 amide bonds. The monoisotopic (exact) mass is 403 g/mol. The highest BCUT2D eigenvalue weighted by atomic mass is 79.9. The Kier molecular flexibility index (Phi) is 7.77. The van der Waals surface area contributed by atoms with Crippen LogP contribution in [0.3, 0.4) is 0 Å². The third kappa shape index (κ3) is 5.69. The van der Waals surface area contributed by atoms with E-state index >= 15 is 0 Å². The number of carbonyl (C=O) groups excluding carboxylic acids is 3. The average molecular weight is 405 g/mol. The Morgan fingerprint density at radius 1 is 1.26 bits per heavy atom. The molecule has 0 radical (unpaired) electrons. The molecule has 0 bridgehead atoms. The lowest BCUT2D eigenvalue weighted by atomic mass is 10.1. The van der Waals surface area contributed by atoms with Gasteiger partial charge in [0.05, 0.1) is 26.0 Å². The Labute approximate surface area is 146 Å². The second-order valence-corrected chi connectivity index (χ2v) is 5.54. The van der Waals surface area contributed by atoms with E-state index in [0.29, 0.717) is 15.7 Å². The van der Waals surface area contributed by atoms with Gasteiger partial charge in [0, 0.05) is 22.3 Å². The molecule has 124 valence electrons. The molecule has 6 nitrogen and oxygen atoms in total. The molecular weight excluding hydrogens is 390 g/mol. The number of alkyl halides is 1. The molecule has 0 unspecified atom stereocenters. The number of Topliss-reactive ketones (excluding diaryl/α,β-unsaturated/α-hetero) is 1. The summed E-state index contributed by atoms with van der Waals surface area (Å²) in [6.45, 7) is 0. The van der Waals surface area contributed by atoms with Crippen LogP contribution in [0.15, 0.2) is 34.4 Å². The van der Waals surface area contributed by atoms with Crippen LogP contribution in [0.4, 0.5) is 5.69 Å². The number of carbonyl (C=O) groups is 3. The van der Waals surface area contributed by atoms with Gasteiger partial charge in [-0.05, 0) is 18.2 Å². The smallest absolute Gasteiger partial charge is 0.354 e. The molecule has 0 aliphatic heterocycles. The van der Waals surface area contributed by atoms with Crippen LogP contribution in [0.5, 0.6) is 0 Å². The molecule has 0 spiro atoms. The zero-order chi connectivity index (χ0) is 17.4. The van der Waals surface area contributed by atoms with Gasteiger partial charge >= 0.3 is 11.9 Å². The van der Waals surface area contributed by atoms with Crippen LogP contribution in [0.2, 0.25) is 0 Å². The van der Waals surface area contributed by atoms with Gasteiger partial charge in [-0.2, -0.15) is 0 Å². The topological polar surface area (TPSA) is 81.7 Å². The van der Waals surface area contributed by atoms with Gasteiger partial charge in [-0.25, -0.2) is 9.59 Å². The molecule has 1 N–H and O–H groups in total. The maximum atomic E-state index is 12.1. The molecule has 0 atom stereocenters. The lowest BCUT2D eigenvalue weighted by Crippen LogP contribution is -2.17. The fourth-order valence-corrected chi connectivity index (χ4v) is 2.19. The van der Waals surface area contributed by atoms with Gasteiger partial charge in [0.25, 0.3) is 0 Å². The third-order valence-corrected chi connectivity index (χ3v) is 3.42. The summed E-state index contributed by atoms with van der Waals surface area (Å²) in [4.78, 5) is 35.3. The van der Waals surface area contributed by atoms with Crippen molar-refractivity contribution in [1.29, 1.82) is 0 Å². The fraction of sp³-hybridized carbons (Fsp3) is 0.267. The third-order valence-electron chi connectivity index (χ3n) is 2.74. The number of methoxy groups -OCH3 is 2. The van der Waals surface area contributed by atoms with Gasteiger partial charge in [-0.1, -0.05) is 15.9 Å². The first-order chi connectivity index (χ1) is 10.9. The number of hydrogen-bond acceptors (Lipinski definition) is 6. The number of halogens is 2. The van der Waals surface area contributed by atoms with Crippen molar-refractivity contribution in [2.75, 3.05) is 25.4 Å². The zero-order valence-corrected chi connectivity index (χ0v) is 14.9. The minimum absolute atomic E-state index is 0.145.